The van der Waals surface area contributed by atoms with Crippen LogP contribution in [-0.2, 0) is 0 Å². The Morgan fingerprint density at radius 3 is 2.47 bits per heavy atom. The van der Waals surface area contributed by atoms with Crippen LogP contribution in [-0.4, -0.2) is 17.3 Å². The van der Waals surface area contributed by atoms with Gasteiger partial charge in [-0.3, -0.25) is 4.79 Å². The Kier molecular flexibility index (Phi) is 2.35. The van der Waals surface area contributed by atoms with Crippen LogP contribution in [0.5, 0.6) is 17.2 Å². The van der Waals surface area contributed by atoms with Crippen LogP contribution in [0.1, 0.15) is 0 Å². The molecule has 96 valence electrons. The summed E-state index contributed by atoms with van der Waals surface area (Å²) in [5.41, 5.74) is 0.130. The molecule has 0 spiro atoms. The number of fused-ring (bicyclic) bond motifs is 2. The van der Waals surface area contributed by atoms with Gasteiger partial charge in [0.1, 0.15) is 27.7 Å². The van der Waals surface area contributed by atoms with Crippen LogP contribution in [0.4, 0.5) is 0 Å². The molecule has 0 radical (unpaired) electrons. The maximum Gasteiger partial charge on any atom is 0.208 e. The maximum atomic E-state index is 12.4. The van der Waals surface area contributed by atoms with Crippen molar-refractivity contribution in [1.82, 2.24) is 0 Å². The lowest BCUT2D eigenvalue weighted by Gasteiger charge is -2.08. The van der Waals surface area contributed by atoms with Crippen molar-refractivity contribution in [3.8, 4) is 17.2 Å². The zero-order valence-corrected chi connectivity index (χ0v) is 10.0. The van der Waals surface area contributed by atoms with E-state index < -0.39 is 5.43 Å². The van der Waals surface area contributed by atoms with Crippen LogP contribution in [0.2, 0.25) is 0 Å². The zero-order chi connectivity index (χ0) is 13.6. The number of methoxy groups -OCH3 is 1. The SMILES string of the molecule is COc1c(O)ccc2oc3cccc(O)c3c(=O)c12. The second kappa shape index (κ2) is 3.91. The molecule has 2 N–H and O–H groups in total. The second-order valence-electron chi connectivity index (χ2n) is 4.07. The average Bonchev–Trinajstić information content (AvgIpc) is 2.39. The van der Waals surface area contributed by atoms with Crippen molar-refractivity contribution in [2.75, 3.05) is 7.11 Å². The summed E-state index contributed by atoms with van der Waals surface area (Å²) in [7, 11) is 1.35. The lowest BCUT2D eigenvalue weighted by Crippen LogP contribution is -2.04. The van der Waals surface area contributed by atoms with Gasteiger partial charge >= 0.3 is 0 Å². The van der Waals surface area contributed by atoms with Crippen molar-refractivity contribution in [2.45, 2.75) is 0 Å². The Hall–Kier alpha value is -2.69. The average molecular weight is 258 g/mol. The molecular formula is C14H10O5. The van der Waals surface area contributed by atoms with Gasteiger partial charge in [0.15, 0.2) is 11.5 Å². The monoisotopic (exact) mass is 258 g/mol. The molecule has 3 rings (SSSR count). The molecule has 1 aromatic heterocycles. The Morgan fingerprint density at radius 2 is 1.74 bits per heavy atom. The van der Waals surface area contributed by atoms with Crippen molar-refractivity contribution >= 4 is 21.9 Å². The van der Waals surface area contributed by atoms with Crippen molar-refractivity contribution in [1.29, 1.82) is 0 Å². The number of hydrogen-bond donors (Lipinski definition) is 2. The lowest BCUT2D eigenvalue weighted by molar-refractivity contribution is 0.377. The minimum atomic E-state index is -0.442. The fraction of sp³-hybridized carbons (Fsp3) is 0.0714. The van der Waals surface area contributed by atoms with E-state index in [1.807, 2.05) is 0 Å². The molecule has 0 aliphatic heterocycles. The topological polar surface area (TPSA) is 79.9 Å². The van der Waals surface area contributed by atoms with E-state index in [0.29, 0.717) is 0 Å². The first-order chi connectivity index (χ1) is 9.13. The lowest BCUT2D eigenvalue weighted by atomic mass is 10.1. The zero-order valence-electron chi connectivity index (χ0n) is 10.0. The molecule has 0 amide bonds. The van der Waals surface area contributed by atoms with Crippen molar-refractivity contribution < 1.29 is 19.4 Å². The first-order valence-electron chi connectivity index (χ1n) is 5.58. The Morgan fingerprint density at radius 1 is 1.00 bits per heavy atom. The largest absolute Gasteiger partial charge is 0.507 e. The highest BCUT2D eigenvalue weighted by molar-refractivity contribution is 5.96. The molecule has 2 aromatic carbocycles. The van der Waals surface area contributed by atoms with Gasteiger partial charge in [-0.1, -0.05) is 6.07 Å². The van der Waals surface area contributed by atoms with Crippen molar-refractivity contribution in [2.24, 2.45) is 0 Å². The van der Waals surface area contributed by atoms with E-state index in [-0.39, 0.29) is 39.2 Å². The van der Waals surface area contributed by atoms with E-state index in [2.05, 4.69) is 0 Å². The minimum absolute atomic E-state index is 0.0383. The smallest absolute Gasteiger partial charge is 0.208 e. The number of aromatic hydroxyl groups is 2. The summed E-state index contributed by atoms with van der Waals surface area (Å²) in [4.78, 5) is 12.4. The number of phenols is 2. The molecule has 0 aliphatic carbocycles. The van der Waals surface area contributed by atoms with Gasteiger partial charge in [0.05, 0.1) is 7.11 Å². The van der Waals surface area contributed by atoms with Crippen LogP contribution in [0.15, 0.2) is 39.5 Å². The molecule has 0 saturated heterocycles. The van der Waals surface area contributed by atoms with Crippen LogP contribution < -0.4 is 10.2 Å². The molecule has 0 bridgehead atoms. The van der Waals surface area contributed by atoms with E-state index in [1.54, 1.807) is 12.1 Å². The summed E-state index contributed by atoms with van der Waals surface area (Å²) in [6.45, 7) is 0. The Labute approximate surface area is 107 Å². The van der Waals surface area contributed by atoms with Crippen molar-refractivity contribution in [3.05, 3.63) is 40.6 Å². The van der Waals surface area contributed by atoms with Gasteiger partial charge in [-0.05, 0) is 24.3 Å². The predicted octanol–water partition coefficient (Wildman–Crippen LogP) is 2.37. The molecule has 5 heteroatoms. The summed E-state index contributed by atoms with van der Waals surface area (Å²) < 4.78 is 10.6. The molecule has 1 heterocycles. The predicted molar refractivity (Wildman–Crippen MR) is 69.9 cm³/mol. The maximum absolute atomic E-state index is 12.4. The third-order valence-electron chi connectivity index (χ3n) is 2.98. The fourth-order valence-electron chi connectivity index (χ4n) is 2.14. The molecular weight excluding hydrogens is 248 g/mol. The molecule has 0 fully saturated rings. The standard InChI is InChI=1S/C14H10O5/c1-18-14-8(16)5-6-10-12(14)13(17)11-7(15)3-2-4-9(11)19-10/h2-6,15-16H,1H3. The Bertz CT molecular complexity index is 848. The first-order valence-corrected chi connectivity index (χ1v) is 5.58. The third-order valence-corrected chi connectivity index (χ3v) is 2.98. The van der Waals surface area contributed by atoms with Gasteiger partial charge in [-0.2, -0.15) is 0 Å². The van der Waals surface area contributed by atoms with Gasteiger partial charge in [-0.25, -0.2) is 0 Å². The van der Waals surface area contributed by atoms with E-state index >= 15 is 0 Å². The Balaban J connectivity index is 2.64. The van der Waals surface area contributed by atoms with Gasteiger partial charge in [0.25, 0.3) is 0 Å². The van der Waals surface area contributed by atoms with Gasteiger partial charge in [-0.15, -0.1) is 0 Å². The van der Waals surface area contributed by atoms with Crippen LogP contribution >= 0.6 is 0 Å². The quantitative estimate of drug-likeness (QED) is 0.655. The number of benzene rings is 2. The van der Waals surface area contributed by atoms with Gasteiger partial charge in [0.2, 0.25) is 5.43 Å². The molecule has 0 atom stereocenters. The number of rotatable bonds is 1. The highest BCUT2D eigenvalue weighted by atomic mass is 16.5. The van der Waals surface area contributed by atoms with Crippen LogP contribution in [0.25, 0.3) is 21.9 Å². The molecule has 5 nitrogen and oxygen atoms in total. The van der Waals surface area contributed by atoms with E-state index in [4.69, 9.17) is 9.15 Å². The van der Waals surface area contributed by atoms with E-state index in [1.165, 1.54) is 25.3 Å². The summed E-state index contributed by atoms with van der Waals surface area (Å²) in [6.07, 6.45) is 0. The van der Waals surface area contributed by atoms with Gasteiger partial charge < -0.3 is 19.4 Å². The molecule has 0 aliphatic rings. The van der Waals surface area contributed by atoms with Crippen LogP contribution in [0.3, 0.4) is 0 Å². The molecule has 19 heavy (non-hydrogen) atoms. The second-order valence-corrected chi connectivity index (χ2v) is 4.07. The number of ether oxygens (including phenoxy) is 1. The van der Waals surface area contributed by atoms with E-state index in [0.717, 1.165) is 0 Å². The number of phenolic OH excluding ortho intramolecular Hbond substituents is 2. The summed E-state index contributed by atoms with van der Waals surface area (Å²) in [6, 6.07) is 7.45. The minimum Gasteiger partial charge on any atom is -0.507 e. The first kappa shape index (κ1) is 11.4. The highest BCUT2D eigenvalue weighted by Crippen LogP contribution is 2.35. The number of hydrogen-bond acceptors (Lipinski definition) is 5. The van der Waals surface area contributed by atoms with Crippen LogP contribution in [0, 0.1) is 0 Å². The molecule has 3 aromatic rings. The molecule has 0 saturated carbocycles. The summed E-state index contributed by atoms with van der Waals surface area (Å²) >= 11 is 0. The summed E-state index contributed by atoms with van der Waals surface area (Å²) in [5.74, 6) is -0.285. The fourth-order valence-corrected chi connectivity index (χ4v) is 2.14. The normalized spacial score (nSPS) is 11.0. The summed E-state index contributed by atoms with van der Waals surface area (Å²) in [5, 5.41) is 19.7. The van der Waals surface area contributed by atoms with E-state index in [9.17, 15) is 15.0 Å². The third kappa shape index (κ3) is 1.52. The molecule has 0 unspecified atom stereocenters. The van der Waals surface area contributed by atoms with Crippen molar-refractivity contribution in [3.63, 3.8) is 0 Å². The highest BCUT2D eigenvalue weighted by Gasteiger charge is 2.17. The van der Waals surface area contributed by atoms with Gasteiger partial charge in [0, 0.05) is 0 Å².